The van der Waals surface area contributed by atoms with Crippen molar-refractivity contribution in [3.63, 3.8) is 0 Å². The highest BCUT2D eigenvalue weighted by Gasteiger charge is 2.40. The quantitative estimate of drug-likeness (QED) is 0.554. The van der Waals surface area contributed by atoms with Gasteiger partial charge in [0.2, 0.25) is 11.9 Å². The average molecular weight is 409 g/mol. The van der Waals surface area contributed by atoms with Crippen LogP contribution in [0.1, 0.15) is 18.7 Å². The molecule has 152 valence electrons. The smallest absolute Gasteiger partial charge is 0.248 e. The van der Waals surface area contributed by atoms with Gasteiger partial charge in [0.15, 0.2) is 5.82 Å². The Hall–Kier alpha value is -4.20. The summed E-state index contributed by atoms with van der Waals surface area (Å²) in [6, 6.07) is 18.4. The lowest BCUT2D eigenvalue weighted by Crippen LogP contribution is -2.39. The molecule has 1 amide bonds. The van der Waals surface area contributed by atoms with Gasteiger partial charge in [-0.1, -0.05) is 36.4 Å². The molecule has 8 nitrogen and oxygen atoms in total. The van der Waals surface area contributed by atoms with Gasteiger partial charge in [-0.3, -0.25) is 14.8 Å². The Kier molecular flexibility index (Phi) is 4.80. The molecular formula is C23H19N7O. The van der Waals surface area contributed by atoms with E-state index < -0.39 is 12.0 Å². The fraction of sp³-hybridized carbons (Fsp3) is 0.130. The van der Waals surface area contributed by atoms with Gasteiger partial charge in [-0.2, -0.15) is 4.98 Å². The number of hydrogen-bond acceptors (Lipinski definition) is 6. The van der Waals surface area contributed by atoms with Crippen LogP contribution in [0.4, 0.5) is 11.6 Å². The number of aromatic nitrogens is 5. The van der Waals surface area contributed by atoms with E-state index in [-0.39, 0.29) is 5.91 Å². The van der Waals surface area contributed by atoms with E-state index in [0.29, 0.717) is 28.9 Å². The lowest BCUT2D eigenvalue weighted by Gasteiger charge is -2.29. The van der Waals surface area contributed by atoms with E-state index in [2.05, 4.69) is 25.3 Å². The summed E-state index contributed by atoms with van der Waals surface area (Å²) in [5, 5.41) is 7.66. The number of nitrogens with zero attached hydrogens (tertiary/aromatic N) is 6. The van der Waals surface area contributed by atoms with Crippen molar-refractivity contribution in [2.45, 2.75) is 13.0 Å². The molecule has 0 fully saturated rings. The van der Waals surface area contributed by atoms with Gasteiger partial charge in [0.25, 0.3) is 0 Å². The maximum atomic E-state index is 13.3. The number of carbonyl (C=O) groups is 1. The van der Waals surface area contributed by atoms with Crippen molar-refractivity contribution in [1.29, 1.82) is 0 Å². The van der Waals surface area contributed by atoms with E-state index in [9.17, 15) is 4.79 Å². The maximum absolute atomic E-state index is 13.3. The summed E-state index contributed by atoms with van der Waals surface area (Å²) in [5.74, 6) is 0.207. The summed E-state index contributed by atoms with van der Waals surface area (Å²) in [6.45, 7) is 1.84. The molecule has 4 heterocycles. The molecule has 0 aliphatic carbocycles. The molecule has 4 aromatic rings. The number of rotatable bonds is 4. The van der Waals surface area contributed by atoms with Crippen LogP contribution in [-0.4, -0.2) is 36.4 Å². The third-order valence-electron chi connectivity index (χ3n) is 5.15. The highest BCUT2D eigenvalue weighted by molar-refractivity contribution is 6.10. The number of benzene rings is 1. The first kappa shape index (κ1) is 18.8. The van der Waals surface area contributed by atoms with E-state index in [1.165, 1.54) is 0 Å². The van der Waals surface area contributed by atoms with Crippen molar-refractivity contribution in [1.82, 2.24) is 24.7 Å². The van der Waals surface area contributed by atoms with Crippen LogP contribution in [0.3, 0.4) is 0 Å². The largest absolute Gasteiger partial charge is 0.324 e. The molecule has 2 unspecified atom stereocenters. The fourth-order valence-corrected chi connectivity index (χ4v) is 3.72. The van der Waals surface area contributed by atoms with E-state index in [4.69, 9.17) is 5.10 Å². The van der Waals surface area contributed by atoms with Crippen LogP contribution in [0.15, 0.2) is 84.2 Å². The normalized spacial score (nSPS) is 17.5. The van der Waals surface area contributed by atoms with Gasteiger partial charge in [0, 0.05) is 23.7 Å². The molecule has 5 rings (SSSR count). The van der Waals surface area contributed by atoms with Gasteiger partial charge in [-0.25, -0.2) is 9.67 Å². The third-order valence-corrected chi connectivity index (χ3v) is 5.15. The van der Waals surface area contributed by atoms with Gasteiger partial charge in [0.1, 0.15) is 12.0 Å². The Morgan fingerprint density at radius 2 is 1.84 bits per heavy atom. The van der Waals surface area contributed by atoms with Crippen LogP contribution in [0, 0.1) is 5.92 Å². The van der Waals surface area contributed by atoms with E-state index in [0.717, 1.165) is 5.56 Å². The molecule has 3 aromatic heterocycles. The lowest BCUT2D eigenvalue weighted by molar-refractivity contribution is -0.118. The number of pyridine rings is 2. The topological polar surface area (TPSA) is 98.0 Å². The fourth-order valence-electron chi connectivity index (χ4n) is 3.72. The number of amides is 1. The molecule has 0 bridgehead atoms. The maximum Gasteiger partial charge on any atom is 0.248 e. The molecule has 1 aliphatic rings. The molecule has 31 heavy (non-hydrogen) atoms. The zero-order valence-corrected chi connectivity index (χ0v) is 16.8. The van der Waals surface area contributed by atoms with E-state index in [1.807, 2.05) is 55.5 Å². The number of hydrogen-bond donors (Lipinski definition) is 1. The summed E-state index contributed by atoms with van der Waals surface area (Å²) >= 11 is 0. The standard InChI is InChI=1S/C23H19N7O/c1-15-19(22(31)27-17-10-7-12-24-14-17)20(18-11-5-6-13-25-18)30-23(26-15)28-21(29-30)16-8-3-2-4-9-16/h2-14,19-20H,1H3,(H,27,31). The number of carbonyl (C=O) groups excluding carboxylic acids is 1. The van der Waals surface area contributed by atoms with Crippen molar-refractivity contribution < 1.29 is 4.79 Å². The Morgan fingerprint density at radius 3 is 2.58 bits per heavy atom. The molecular weight excluding hydrogens is 390 g/mol. The van der Waals surface area contributed by atoms with Crippen molar-refractivity contribution in [2.24, 2.45) is 10.9 Å². The van der Waals surface area contributed by atoms with E-state index >= 15 is 0 Å². The second-order valence-corrected chi connectivity index (χ2v) is 7.21. The van der Waals surface area contributed by atoms with Gasteiger partial charge in [-0.15, -0.1) is 5.10 Å². The highest BCUT2D eigenvalue weighted by atomic mass is 16.2. The third kappa shape index (κ3) is 3.59. The van der Waals surface area contributed by atoms with Crippen LogP contribution >= 0.6 is 0 Å². The first-order valence-corrected chi connectivity index (χ1v) is 9.89. The molecule has 0 spiro atoms. The first-order valence-electron chi connectivity index (χ1n) is 9.89. The first-order chi connectivity index (χ1) is 15.2. The Morgan fingerprint density at radius 1 is 1.00 bits per heavy atom. The number of aliphatic imine (C=N–C) groups is 1. The molecule has 1 aromatic carbocycles. The van der Waals surface area contributed by atoms with Gasteiger partial charge in [-0.05, 0) is 31.2 Å². The summed E-state index contributed by atoms with van der Waals surface area (Å²) in [7, 11) is 0. The van der Waals surface area contributed by atoms with Gasteiger partial charge >= 0.3 is 0 Å². The molecule has 1 N–H and O–H groups in total. The zero-order valence-electron chi connectivity index (χ0n) is 16.8. The molecule has 1 aliphatic heterocycles. The number of nitrogens with one attached hydrogen (secondary N) is 1. The average Bonchev–Trinajstić information content (AvgIpc) is 3.23. The zero-order chi connectivity index (χ0) is 21.2. The van der Waals surface area contributed by atoms with Crippen molar-refractivity contribution in [3.8, 4) is 11.4 Å². The molecule has 2 atom stereocenters. The van der Waals surface area contributed by atoms with Crippen LogP contribution in [0.25, 0.3) is 11.4 Å². The van der Waals surface area contributed by atoms with Gasteiger partial charge in [0.05, 0.1) is 17.6 Å². The minimum absolute atomic E-state index is 0.202. The summed E-state index contributed by atoms with van der Waals surface area (Å²) in [5.41, 5.74) is 2.87. The van der Waals surface area contributed by atoms with E-state index in [1.54, 1.807) is 35.4 Å². The second kappa shape index (κ2) is 7.91. The highest BCUT2D eigenvalue weighted by Crippen LogP contribution is 2.36. The minimum atomic E-state index is -0.604. The summed E-state index contributed by atoms with van der Waals surface area (Å²) in [6.07, 6.45) is 4.98. The summed E-state index contributed by atoms with van der Waals surface area (Å²) in [4.78, 5) is 31.2. The minimum Gasteiger partial charge on any atom is -0.324 e. The lowest BCUT2D eigenvalue weighted by atomic mass is 9.90. The number of fused-ring (bicyclic) bond motifs is 1. The Labute approximate surface area is 178 Å². The predicted molar refractivity (Wildman–Crippen MR) is 117 cm³/mol. The SMILES string of the molecule is CC1=Nc2nc(-c3ccccc3)nn2C(c2ccccn2)C1C(=O)Nc1cccnc1. The molecule has 0 saturated carbocycles. The summed E-state index contributed by atoms with van der Waals surface area (Å²) < 4.78 is 1.70. The van der Waals surface area contributed by atoms with Crippen LogP contribution in [0.5, 0.6) is 0 Å². The van der Waals surface area contributed by atoms with Crippen LogP contribution < -0.4 is 5.32 Å². The number of anilines is 1. The second-order valence-electron chi connectivity index (χ2n) is 7.21. The molecule has 0 saturated heterocycles. The van der Waals surface area contributed by atoms with Crippen molar-refractivity contribution in [3.05, 3.63) is 84.9 Å². The Balaban J connectivity index is 1.59. The van der Waals surface area contributed by atoms with Gasteiger partial charge < -0.3 is 5.32 Å². The van der Waals surface area contributed by atoms with Crippen LogP contribution in [0.2, 0.25) is 0 Å². The van der Waals surface area contributed by atoms with Crippen molar-refractivity contribution >= 4 is 23.3 Å². The molecule has 0 radical (unpaired) electrons. The predicted octanol–water partition coefficient (Wildman–Crippen LogP) is 3.69. The van der Waals surface area contributed by atoms with Crippen molar-refractivity contribution in [2.75, 3.05) is 5.32 Å². The Bertz CT molecular complexity index is 1240. The van der Waals surface area contributed by atoms with Crippen LogP contribution in [-0.2, 0) is 4.79 Å². The monoisotopic (exact) mass is 409 g/mol. The molecule has 8 heteroatoms.